The van der Waals surface area contributed by atoms with Gasteiger partial charge in [0.2, 0.25) is 0 Å². The molecule has 112 valence electrons. The van der Waals surface area contributed by atoms with Crippen LogP contribution in [0.15, 0.2) is 15.9 Å². The summed E-state index contributed by atoms with van der Waals surface area (Å²) in [6, 6.07) is 0. The fraction of sp³-hybridized carbons (Fsp3) is 0.538. The van der Waals surface area contributed by atoms with Crippen molar-refractivity contribution in [3.05, 3.63) is 27.0 Å². The van der Waals surface area contributed by atoms with Crippen molar-refractivity contribution in [1.82, 2.24) is 19.3 Å². The number of anilines is 1. The lowest BCUT2D eigenvalue weighted by atomic mass is 10.2. The van der Waals surface area contributed by atoms with Gasteiger partial charge in [-0.1, -0.05) is 12.8 Å². The summed E-state index contributed by atoms with van der Waals surface area (Å²) in [6.45, 7) is 1.62. The Kier molecular flexibility index (Phi) is 3.36. The highest BCUT2D eigenvalue weighted by Gasteiger charge is 2.20. The number of aryl methyl sites for hydroxylation is 1. The van der Waals surface area contributed by atoms with E-state index in [-0.39, 0.29) is 11.2 Å². The molecule has 2 aromatic heterocycles. The highest BCUT2D eigenvalue weighted by atomic mass is 16.5. The number of rotatable bonds is 1. The predicted molar refractivity (Wildman–Crippen MR) is 76.9 cm³/mol. The first kappa shape index (κ1) is 13.6. The van der Waals surface area contributed by atoms with Crippen molar-refractivity contribution in [1.29, 1.82) is 0 Å². The fourth-order valence-electron chi connectivity index (χ4n) is 2.74. The molecule has 2 aromatic rings. The van der Waals surface area contributed by atoms with Crippen LogP contribution >= 0.6 is 0 Å². The monoisotopic (exact) mass is 291 g/mol. The van der Waals surface area contributed by atoms with Gasteiger partial charge in [-0.3, -0.25) is 14.2 Å². The van der Waals surface area contributed by atoms with Crippen molar-refractivity contribution in [3.63, 3.8) is 0 Å². The lowest BCUT2D eigenvalue weighted by molar-refractivity contribution is 0.185. The van der Waals surface area contributed by atoms with Gasteiger partial charge in [-0.25, -0.2) is 9.97 Å². The van der Waals surface area contributed by atoms with Crippen LogP contribution in [0.2, 0.25) is 0 Å². The summed E-state index contributed by atoms with van der Waals surface area (Å²) in [5, 5.41) is 10.0. The van der Waals surface area contributed by atoms with Crippen LogP contribution in [0.3, 0.4) is 0 Å². The SMILES string of the molecule is Cn1c(=O)c(=O)n(O)c2c(N3CCCCCC3)ncnc21. The Morgan fingerprint density at radius 1 is 1.05 bits per heavy atom. The Labute approximate surface area is 120 Å². The first-order chi connectivity index (χ1) is 10.1. The number of aromatic nitrogens is 4. The minimum absolute atomic E-state index is 0.187. The summed E-state index contributed by atoms with van der Waals surface area (Å²) < 4.78 is 1.52. The molecule has 0 saturated carbocycles. The smallest absolute Gasteiger partial charge is 0.349 e. The maximum Gasteiger partial charge on any atom is 0.349 e. The van der Waals surface area contributed by atoms with E-state index in [1.54, 1.807) is 0 Å². The molecule has 8 nitrogen and oxygen atoms in total. The highest BCUT2D eigenvalue weighted by molar-refractivity contribution is 5.83. The Balaban J connectivity index is 2.29. The molecular weight excluding hydrogens is 274 g/mol. The van der Waals surface area contributed by atoms with Crippen molar-refractivity contribution in [2.75, 3.05) is 18.0 Å². The first-order valence-corrected chi connectivity index (χ1v) is 7.02. The lowest BCUT2D eigenvalue weighted by Gasteiger charge is -2.22. The van der Waals surface area contributed by atoms with Crippen LogP contribution in [0.4, 0.5) is 5.82 Å². The molecule has 3 heterocycles. The standard InChI is InChI=1S/C13H17N5O3/c1-16-10-9(18(21)13(20)12(16)19)11(15-8-14-10)17-6-4-2-3-5-7-17/h8,21H,2-7H2,1H3. The normalized spacial score (nSPS) is 16.1. The van der Waals surface area contributed by atoms with Crippen LogP contribution in [-0.4, -0.2) is 37.6 Å². The molecule has 3 rings (SSSR count). The Morgan fingerprint density at radius 2 is 1.71 bits per heavy atom. The number of hydrogen-bond donors (Lipinski definition) is 1. The summed E-state index contributed by atoms with van der Waals surface area (Å²) in [7, 11) is 1.46. The molecule has 0 aromatic carbocycles. The first-order valence-electron chi connectivity index (χ1n) is 7.02. The largest absolute Gasteiger partial charge is 0.424 e. The summed E-state index contributed by atoms with van der Waals surface area (Å²) in [5.74, 6) is 0.497. The zero-order valence-corrected chi connectivity index (χ0v) is 11.8. The molecule has 1 N–H and O–H groups in total. The van der Waals surface area contributed by atoms with E-state index in [1.807, 2.05) is 4.90 Å². The molecule has 1 aliphatic heterocycles. The van der Waals surface area contributed by atoms with Crippen LogP contribution < -0.4 is 16.0 Å². The third-order valence-corrected chi connectivity index (χ3v) is 3.90. The molecule has 1 fully saturated rings. The molecule has 0 radical (unpaired) electrons. The van der Waals surface area contributed by atoms with Gasteiger partial charge >= 0.3 is 11.1 Å². The lowest BCUT2D eigenvalue weighted by Crippen LogP contribution is -2.41. The van der Waals surface area contributed by atoms with Gasteiger partial charge in [0.25, 0.3) is 0 Å². The van der Waals surface area contributed by atoms with Crippen molar-refractivity contribution in [2.24, 2.45) is 7.05 Å². The number of fused-ring (bicyclic) bond motifs is 1. The van der Waals surface area contributed by atoms with Crippen molar-refractivity contribution in [2.45, 2.75) is 25.7 Å². The number of nitrogens with zero attached hydrogens (tertiary/aromatic N) is 5. The molecule has 0 spiro atoms. The van der Waals surface area contributed by atoms with E-state index in [0.29, 0.717) is 10.5 Å². The zero-order chi connectivity index (χ0) is 15.0. The highest BCUT2D eigenvalue weighted by Crippen LogP contribution is 2.23. The van der Waals surface area contributed by atoms with Gasteiger partial charge in [0.05, 0.1) is 0 Å². The van der Waals surface area contributed by atoms with E-state index in [9.17, 15) is 14.8 Å². The third kappa shape index (κ3) is 2.16. The van der Waals surface area contributed by atoms with E-state index in [2.05, 4.69) is 9.97 Å². The van der Waals surface area contributed by atoms with Crippen LogP contribution in [0.5, 0.6) is 0 Å². The quantitative estimate of drug-likeness (QED) is 0.592. The number of hydrogen-bond acceptors (Lipinski definition) is 6. The van der Waals surface area contributed by atoms with Crippen molar-refractivity contribution >= 4 is 17.0 Å². The van der Waals surface area contributed by atoms with Gasteiger partial charge in [0.1, 0.15) is 6.33 Å². The van der Waals surface area contributed by atoms with Crippen LogP contribution in [0, 0.1) is 0 Å². The van der Waals surface area contributed by atoms with Gasteiger partial charge in [0.15, 0.2) is 17.0 Å². The second kappa shape index (κ2) is 5.19. The fourth-order valence-corrected chi connectivity index (χ4v) is 2.74. The van der Waals surface area contributed by atoms with Crippen molar-refractivity contribution < 1.29 is 5.21 Å². The second-order valence-electron chi connectivity index (χ2n) is 5.25. The second-order valence-corrected chi connectivity index (χ2v) is 5.25. The van der Waals surface area contributed by atoms with E-state index < -0.39 is 11.1 Å². The van der Waals surface area contributed by atoms with E-state index in [0.717, 1.165) is 43.3 Å². The Bertz CT molecular complexity index is 787. The Hall–Kier alpha value is -2.38. The molecule has 0 amide bonds. The van der Waals surface area contributed by atoms with Gasteiger partial charge in [-0.15, -0.1) is 4.73 Å². The predicted octanol–water partition coefficient (Wildman–Crippen LogP) is 0.108. The Morgan fingerprint density at radius 3 is 2.38 bits per heavy atom. The molecule has 0 atom stereocenters. The molecule has 8 heteroatoms. The van der Waals surface area contributed by atoms with Gasteiger partial charge in [-0.2, -0.15) is 0 Å². The molecule has 0 unspecified atom stereocenters. The third-order valence-electron chi connectivity index (χ3n) is 3.90. The summed E-state index contributed by atoms with van der Waals surface area (Å²) in [5.41, 5.74) is -1.37. The molecule has 21 heavy (non-hydrogen) atoms. The average molecular weight is 291 g/mol. The molecule has 0 bridgehead atoms. The van der Waals surface area contributed by atoms with Gasteiger partial charge < -0.3 is 10.1 Å². The van der Waals surface area contributed by atoms with E-state index >= 15 is 0 Å². The van der Waals surface area contributed by atoms with Crippen LogP contribution in [-0.2, 0) is 7.05 Å². The zero-order valence-electron chi connectivity index (χ0n) is 11.8. The summed E-state index contributed by atoms with van der Waals surface area (Å²) in [4.78, 5) is 33.8. The average Bonchev–Trinajstić information content (AvgIpc) is 2.79. The van der Waals surface area contributed by atoms with Gasteiger partial charge in [0, 0.05) is 20.1 Å². The van der Waals surface area contributed by atoms with Crippen LogP contribution in [0.1, 0.15) is 25.7 Å². The topological polar surface area (TPSA) is 93.2 Å². The molecule has 1 aliphatic rings. The van der Waals surface area contributed by atoms with E-state index in [1.165, 1.54) is 13.4 Å². The van der Waals surface area contributed by atoms with Gasteiger partial charge in [-0.05, 0) is 12.8 Å². The summed E-state index contributed by atoms with van der Waals surface area (Å²) >= 11 is 0. The molecule has 1 saturated heterocycles. The minimum atomic E-state index is -0.990. The summed E-state index contributed by atoms with van der Waals surface area (Å²) in [6.07, 6.45) is 5.74. The molecule has 0 aliphatic carbocycles. The minimum Gasteiger partial charge on any atom is -0.424 e. The van der Waals surface area contributed by atoms with E-state index in [4.69, 9.17) is 0 Å². The van der Waals surface area contributed by atoms with Crippen molar-refractivity contribution in [3.8, 4) is 0 Å². The maximum atomic E-state index is 11.8. The van der Waals surface area contributed by atoms with Crippen LogP contribution in [0.25, 0.3) is 11.2 Å². The molecular formula is C13H17N5O3. The maximum absolute atomic E-state index is 11.8.